The number of benzene rings is 1. The van der Waals surface area contributed by atoms with Crippen LogP contribution in [0.25, 0.3) is 0 Å². The molecule has 1 aromatic rings. The Bertz CT molecular complexity index is 475. The first-order chi connectivity index (χ1) is 8.85. The van der Waals surface area contributed by atoms with Crippen LogP contribution < -0.4 is 11.1 Å². The molecule has 0 aliphatic heterocycles. The summed E-state index contributed by atoms with van der Waals surface area (Å²) in [4.78, 5) is 4.05. The predicted molar refractivity (Wildman–Crippen MR) is 73.7 cm³/mol. The van der Waals surface area contributed by atoms with Gasteiger partial charge in [-0.3, -0.25) is 0 Å². The summed E-state index contributed by atoms with van der Waals surface area (Å²) in [5.74, 6) is -1.95. The first-order valence-electron chi connectivity index (χ1n) is 6.44. The molecule has 19 heavy (non-hydrogen) atoms. The van der Waals surface area contributed by atoms with Crippen molar-refractivity contribution < 1.29 is 8.78 Å². The zero-order valence-electron chi connectivity index (χ0n) is 11.2. The fraction of sp³-hybridized carbons (Fsp3) is 0.500. The Labute approximate surface area is 111 Å². The number of nitrogens with one attached hydrogen (secondary N) is 1. The molecule has 1 fully saturated rings. The molecule has 1 aliphatic rings. The summed E-state index contributed by atoms with van der Waals surface area (Å²) in [7, 11) is 0. The van der Waals surface area contributed by atoms with E-state index in [0.717, 1.165) is 5.69 Å². The third kappa shape index (κ3) is 3.66. The van der Waals surface area contributed by atoms with E-state index in [1.807, 2.05) is 24.3 Å². The van der Waals surface area contributed by atoms with Crippen LogP contribution in [0.5, 0.6) is 0 Å². The van der Waals surface area contributed by atoms with Gasteiger partial charge in [0.25, 0.3) is 5.92 Å². The molecule has 0 bridgehead atoms. The summed E-state index contributed by atoms with van der Waals surface area (Å²) in [6.45, 7) is 4.21. The van der Waals surface area contributed by atoms with Crippen molar-refractivity contribution in [2.75, 3.05) is 5.32 Å². The third-order valence-electron chi connectivity index (χ3n) is 3.22. The van der Waals surface area contributed by atoms with Gasteiger partial charge in [-0.15, -0.1) is 0 Å². The van der Waals surface area contributed by atoms with Gasteiger partial charge in [0.1, 0.15) is 0 Å². The van der Waals surface area contributed by atoms with Crippen LogP contribution in [0.3, 0.4) is 0 Å². The second-order valence-electron chi connectivity index (χ2n) is 5.34. The molecule has 0 atom stereocenters. The summed E-state index contributed by atoms with van der Waals surface area (Å²) in [5, 5.41) is 2.95. The molecular weight excluding hydrogens is 248 g/mol. The molecule has 0 saturated heterocycles. The smallest absolute Gasteiger partial charge is 0.252 e. The first-order valence-corrected chi connectivity index (χ1v) is 6.44. The number of anilines is 1. The SMILES string of the molecule is CC(C)c1cccc(NC(N)=NC2CC(F)(F)C2)c1. The van der Waals surface area contributed by atoms with Crippen molar-refractivity contribution >= 4 is 11.6 Å². The summed E-state index contributed by atoms with van der Waals surface area (Å²) in [6, 6.07) is 7.47. The van der Waals surface area contributed by atoms with Crippen molar-refractivity contribution in [3.05, 3.63) is 29.8 Å². The van der Waals surface area contributed by atoms with Gasteiger partial charge in [-0.25, -0.2) is 13.8 Å². The van der Waals surface area contributed by atoms with Gasteiger partial charge in [-0.1, -0.05) is 26.0 Å². The predicted octanol–water partition coefficient (Wildman–Crippen LogP) is 3.33. The highest BCUT2D eigenvalue weighted by molar-refractivity contribution is 5.92. The average molecular weight is 267 g/mol. The van der Waals surface area contributed by atoms with Crippen molar-refractivity contribution in [3.63, 3.8) is 0 Å². The molecule has 1 saturated carbocycles. The minimum absolute atomic E-state index is 0.196. The van der Waals surface area contributed by atoms with E-state index >= 15 is 0 Å². The average Bonchev–Trinajstić information content (AvgIpc) is 2.26. The summed E-state index contributed by atoms with van der Waals surface area (Å²) >= 11 is 0. The second-order valence-corrected chi connectivity index (χ2v) is 5.34. The van der Waals surface area contributed by atoms with E-state index in [9.17, 15) is 8.78 Å². The number of halogens is 2. The zero-order chi connectivity index (χ0) is 14.0. The quantitative estimate of drug-likeness (QED) is 0.652. The van der Waals surface area contributed by atoms with Crippen molar-refractivity contribution in [1.82, 2.24) is 0 Å². The number of rotatable bonds is 3. The molecule has 0 aromatic heterocycles. The van der Waals surface area contributed by atoms with E-state index in [4.69, 9.17) is 5.73 Å². The van der Waals surface area contributed by atoms with E-state index in [-0.39, 0.29) is 24.8 Å². The highest BCUT2D eigenvalue weighted by atomic mass is 19.3. The first kappa shape index (κ1) is 13.8. The zero-order valence-corrected chi connectivity index (χ0v) is 11.2. The normalized spacial score (nSPS) is 19.3. The van der Waals surface area contributed by atoms with E-state index in [1.165, 1.54) is 5.56 Å². The van der Waals surface area contributed by atoms with Gasteiger partial charge in [0.15, 0.2) is 5.96 Å². The van der Waals surface area contributed by atoms with Crippen molar-refractivity contribution in [3.8, 4) is 0 Å². The minimum atomic E-state index is -2.56. The number of nitrogens with two attached hydrogens (primary N) is 1. The molecule has 1 aliphatic carbocycles. The third-order valence-corrected chi connectivity index (χ3v) is 3.22. The van der Waals surface area contributed by atoms with Crippen LogP contribution >= 0.6 is 0 Å². The molecule has 0 spiro atoms. The molecule has 1 aromatic carbocycles. The molecule has 0 unspecified atom stereocenters. The van der Waals surface area contributed by atoms with Crippen LogP contribution in [0.1, 0.15) is 38.2 Å². The molecule has 0 radical (unpaired) electrons. The number of guanidine groups is 1. The maximum atomic E-state index is 12.7. The minimum Gasteiger partial charge on any atom is -0.370 e. The standard InChI is InChI=1S/C14H19F2N3/c1-9(2)10-4-3-5-11(6-10)18-13(17)19-12-7-14(15,16)8-12/h3-6,9,12H,7-8H2,1-2H3,(H3,17,18,19). The number of hydrogen-bond acceptors (Lipinski definition) is 1. The highest BCUT2D eigenvalue weighted by Gasteiger charge is 2.45. The molecule has 3 nitrogen and oxygen atoms in total. The Morgan fingerprint density at radius 3 is 2.68 bits per heavy atom. The van der Waals surface area contributed by atoms with Crippen LogP contribution in [0.2, 0.25) is 0 Å². The maximum Gasteiger partial charge on any atom is 0.252 e. The van der Waals surface area contributed by atoms with E-state index < -0.39 is 5.92 Å². The van der Waals surface area contributed by atoms with Gasteiger partial charge in [0.05, 0.1) is 6.04 Å². The summed E-state index contributed by atoms with van der Waals surface area (Å²) in [5.41, 5.74) is 7.74. The fourth-order valence-electron chi connectivity index (χ4n) is 2.07. The molecule has 3 N–H and O–H groups in total. The number of nitrogens with zero attached hydrogens (tertiary/aromatic N) is 1. The number of aliphatic imine (C=N–C) groups is 1. The van der Waals surface area contributed by atoms with Crippen molar-refractivity contribution in [2.45, 2.75) is 44.6 Å². The number of hydrogen-bond donors (Lipinski definition) is 2. The van der Waals surface area contributed by atoms with E-state index in [2.05, 4.69) is 24.2 Å². The molecular formula is C14H19F2N3. The lowest BCUT2D eigenvalue weighted by Crippen LogP contribution is -2.40. The summed E-state index contributed by atoms with van der Waals surface area (Å²) in [6.07, 6.45) is -0.414. The topological polar surface area (TPSA) is 50.4 Å². The van der Waals surface area contributed by atoms with Gasteiger partial charge in [0.2, 0.25) is 0 Å². The lowest BCUT2D eigenvalue weighted by molar-refractivity contribution is -0.0834. The van der Waals surface area contributed by atoms with Gasteiger partial charge in [-0.2, -0.15) is 0 Å². The Morgan fingerprint density at radius 1 is 1.42 bits per heavy atom. The van der Waals surface area contributed by atoms with Crippen LogP contribution in [0.4, 0.5) is 14.5 Å². The molecule has 0 heterocycles. The van der Waals surface area contributed by atoms with Crippen LogP contribution in [0, 0.1) is 0 Å². The molecule has 2 rings (SSSR count). The summed E-state index contributed by atoms with van der Waals surface area (Å²) < 4.78 is 25.4. The monoisotopic (exact) mass is 267 g/mol. The van der Waals surface area contributed by atoms with Crippen LogP contribution in [-0.4, -0.2) is 17.9 Å². The Balaban J connectivity index is 1.97. The molecule has 0 amide bonds. The Kier molecular flexibility index (Phi) is 3.73. The maximum absolute atomic E-state index is 12.7. The highest BCUT2D eigenvalue weighted by Crippen LogP contribution is 2.39. The van der Waals surface area contributed by atoms with E-state index in [1.54, 1.807) is 0 Å². The van der Waals surface area contributed by atoms with Gasteiger partial charge >= 0.3 is 0 Å². The Hall–Kier alpha value is -1.65. The van der Waals surface area contributed by atoms with Crippen molar-refractivity contribution in [2.24, 2.45) is 10.7 Å². The van der Waals surface area contributed by atoms with Crippen LogP contribution in [-0.2, 0) is 0 Å². The Morgan fingerprint density at radius 2 is 2.11 bits per heavy atom. The fourth-order valence-corrected chi connectivity index (χ4v) is 2.07. The number of alkyl halides is 2. The van der Waals surface area contributed by atoms with E-state index in [0.29, 0.717) is 5.92 Å². The molecule has 104 valence electrons. The van der Waals surface area contributed by atoms with Gasteiger partial charge < -0.3 is 11.1 Å². The van der Waals surface area contributed by atoms with Crippen LogP contribution in [0.15, 0.2) is 29.3 Å². The largest absolute Gasteiger partial charge is 0.370 e. The van der Waals surface area contributed by atoms with Gasteiger partial charge in [0, 0.05) is 18.5 Å². The lowest BCUT2D eigenvalue weighted by atomic mass is 9.89. The van der Waals surface area contributed by atoms with Gasteiger partial charge in [-0.05, 0) is 23.6 Å². The lowest BCUT2D eigenvalue weighted by Gasteiger charge is -2.32. The van der Waals surface area contributed by atoms with Crippen molar-refractivity contribution in [1.29, 1.82) is 0 Å². The molecule has 5 heteroatoms. The second kappa shape index (κ2) is 5.15.